The molecule has 2 aromatic rings. The molecule has 0 unspecified atom stereocenters. The summed E-state index contributed by atoms with van der Waals surface area (Å²) in [6, 6.07) is 8.93. The number of thiophene rings is 1. The molecule has 0 saturated carbocycles. The molecule has 2 N–H and O–H groups in total. The van der Waals surface area contributed by atoms with Gasteiger partial charge in [-0.25, -0.2) is 0 Å². The van der Waals surface area contributed by atoms with E-state index in [1.54, 1.807) is 0 Å². The molecule has 0 bridgehead atoms. The summed E-state index contributed by atoms with van der Waals surface area (Å²) in [5.74, 6) is -0.258. The van der Waals surface area contributed by atoms with Crippen molar-refractivity contribution in [3.8, 4) is 0 Å². The Hall–Kier alpha value is -1.36. The number of nitrogens with one attached hydrogen (secondary N) is 1. The predicted molar refractivity (Wildman–Crippen MR) is 77.8 cm³/mol. The molecule has 1 atom stereocenters. The van der Waals surface area contributed by atoms with Crippen LogP contribution in [-0.4, -0.2) is 17.6 Å². The van der Waals surface area contributed by atoms with E-state index in [-0.39, 0.29) is 12.5 Å². The Balaban J connectivity index is 2.15. The van der Waals surface area contributed by atoms with Crippen LogP contribution >= 0.6 is 22.9 Å². The van der Waals surface area contributed by atoms with Crippen molar-refractivity contribution in [2.75, 3.05) is 6.61 Å². The lowest BCUT2D eigenvalue weighted by Gasteiger charge is -2.16. The van der Waals surface area contributed by atoms with Gasteiger partial charge in [-0.3, -0.25) is 4.79 Å². The molecule has 0 saturated heterocycles. The van der Waals surface area contributed by atoms with Crippen LogP contribution < -0.4 is 5.32 Å². The first-order chi connectivity index (χ1) is 9.13. The summed E-state index contributed by atoms with van der Waals surface area (Å²) in [4.78, 5) is 12.6. The average Bonchev–Trinajstić information content (AvgIpc) is 2.77. The average molecular weight is 296 g/mol. The number of rotatable bonds is 4. The molecule has 1 aromatic carbocycles. The van der Waals surface area contributed by atoms with Crippen LogP contribution in [0.15, 0.2) is 35.7 Å². The second-order valence-electron chi connectivity index (χ2n) is 4.18. The highest BCUT2D eigenvalue weighted by atomic mass is 35.5. The fraction of sp³-hybridized carbons (Fsp3) is 0.214. The van der Waals surface area contributed by atoms with E-state index in [0.29, 0.717) is 9.90 Å². The third-order valence-electron chi connectivity index (χ3n) is 2.80. The highest BCUT2D eigenvalue weighted by Crippen LogP contribution is 2.27. The smallest absolute Gasteiger partial charge is 0.263 e. The molecule has 0 aliphatic carbocycles. The Labute approximate surface area is 120 Å². The highest BCUT2D eigenvalue weighted by molar-refractivity contribution is 7.13. The van der Waals surface area contributed by atoms with Crippen molar-refractivity contribution < 1.29 is 9.90 Å². The molecule has 1 heterocycles. The Bertz CT molecular complexity index is 568. The molecule has 1 aromatic heterocycles. The maximum absolute atomic E-state index is 12.1. The zero-order valence-corrected chi connectivity index (χ0v) is 12.0. The van der Waals surface area contributed by atoms with Crippen LogP contribution in [-0.2, 0) is 0 Å². The van der Waals surface area contributed by atoms with Gasteiger partial charge in [0.2, 0.25) is 0 Å². The van der Waals surface area contributed by atoms with Gasteiger partial charge in [0.1, 0.15) is 4.88 Å². The highest BCUT2D eigenvalue weighted by Gasteiger charge is 2.19. The lowest BCUT2D eigenvalue weighted by Crippen LogP contribution is -2.30. The van der Waals surface area contributed by atoms with Crippen LogP contribution in [0.2, 0.25) is 5.02 Å². The maximum atomic E-state index is 12.1. The molecule has 0 fully saturated rings. The number of halogens is 1. The first kappa shape index (κ1) is 14.1. The number of benzene rings is 1. The number of aryl methyl sites for hydroxylation is 1. The van der Waals surface area contributed by atoms with Gasteiger partial charge >= 0.3 is 0 Å². The molecular formula is C14H14ClNO2S. The summed E-state index contributed by atoms with van der Waals surface area (Å²) in [7, 11) is 0. The standard InChI is InChI=1S/C14H14ClNO2S/c1-9-8-19-13(12(9)15)14(18)16-11(7-17)10-5-3-2-4-6-10/h2-6,8,11,17H,7H2,1H3,(H,16,18)/t11-/m1/s1. The van der Waals surface area contributed by atoms with Crippen LogP contribution in [0.3, 0.4) is 0 Å². The second kappa shape index (κ2) is 6.19. The first-order valence-electron chi connectivity index (χ1n) is 5.83. The van der Waals surface area contributed by atoms with Gasteiger partial charge in [0, 0.05) is 0 Å². The van der Waals surface area contributed by atoms with Crippen molar-refractivity contribution in [2.45, 2.75) is 13.0 Å². The quantitative estimate of drug-likeness (QED) is 0.910. The Morgan fingerprint density at radius 2 is 2.11 bits per heavy atom. The number of hydrogen-bond donors (Lipinski definition) is 2. The minimum absolute atomic E-state index is 0.155. The Kier molecular flexibility index (Phi) is 4.58. The van der Waals surface area contributed by atoms with E-state index in [2.05, 4.69) is 5.32 Å². The van der Waals surface area contributed by atoms with Crippen molar-refractivity contribution in [1.82, 2.24) is 5.32 Å². The van der Waals surface area contributed by atoms with Crippen molar-refractivity contribution >= 4 is 28.8 Å². The third kappa shape index (κ3) is 3.15. The summed E-state index contributed by atoms with van der Waals surface area (Å²) in [5, 5.41) is 14.5. The topological polar surface area (TPSA) is 49.3 Å². The van der Waals surface area contributed by atoms with Gasteiger partial charge in [0.15, 0.2) is 0 Å². The number of aliphatic hydroxyl groups is 1. The summed E-state index contributed by atoms with van der Waals surface area (Å²) >= 11 is 7.37. The van der Waals surface area contributed by atoms with E-state index in [4.69, 9.17) is 11.6 Å². The molecule has 100 valence electrons. The monoisotopic (exact) mass is 295 g/mol. The summed E-state index contributed by atoms with van der Waals surface area (Å²) in [6.45, 7) is 1.70. The Morgan fingerprint density at radius 1 is 1.42 bits per heavy atom. The first-order valence-corrected chi connectivity index (χ1v) is 7.09. The molecule has 5 heteroatoms. The van der Waals surface area contributed by atoms with E-state index in [1.165, 1.54) is 11.3 Å². The molecule has 2 rings (SSSR count). The van der Waals surface area contributed by atoms with Crippen LogP contribution in [0.1, 0.15) is 26.8 Å². The Morgan fingerprint density at radius 3 is 2.63 bits per heavy atom. The van der Waals surface area contributed by atoms with Gasteiger partial charge < -0.3 is 10.4 Å². The number of amides is 1. The molecular weight excluding hydrogens is 282 g/mol. The van der Waals surface area contributed by atoms with Crippen molar-refractivity contribution in [1.29, 1.82) is 0 Å². The van der Waals surface area contributed by atoms with E-state index in [9.17, 15) is 9.90 Å². The SMILES string of the molecule is Cc1csc(C(=O)N[C@H](CO)c2ccccc2)c1Cl. The predicted octanol–water partition coefficient (Wildman–Crippen LogP) is 3.17. The second-order valence-corrected chi connectivity index (χ2v) is 5.44. The maximum Gasteiger partial charge on any atom is 0.263 e. The number of carbonyl (C=O) groups excluding carboxylic acids is 1. The molecule has 0 aliphatic heterocycles. The summed E-state index contributed by atoms with van der Waals surface area (Å²) in [5.41, 5.74) is 1.75. The van der Waals surface area contributed by atoms with Crippen molar-refractivity contribution in [3.05, 3.63) is 56.7 Å². The van der Waals surface area contributed by atoms with Gasteiger partial charge in [0.25, 0.3) is 5.91 Å². The van der Waals surface area contributed by atoms with Gasteiger partial charge in [-0.15, -0.1) is 11.3 Å². The van der Waals surface area contributed by atoms with Crippen LogP contribution in [0.25, 0.3) is 0 Å². The fourth-order valence-corrected chi connectivity index (χ4v) is 2.91. The van der Waals surface area contributed by atoms with Crippen LogP contribution in [0.4, 0.5) is 0 Å². The third-order valence-corrected chi connectivity index (χ3v) is 4.49. The number of hydrogen-bond acceptors (Lipinski definition) is 3. The van der Waals surface area contributed by atoms with Crippen molar-refractivity contribution in [3.63, 3.8) is 0 Å². The van der Waals surface area contributed by atoms with E-state index >= 15 is 0 Å². The number of aliphatic hydroxyl groups excluding tert-OH is 1. The fourth-order valence-electron chi connectivity index (χ4n) is 1.73. The normalized spacial score (nSPS) is 12.2. The number of carbonyl (C=O) groups is 1. The van der Waals surface area contributed by atoms with E-state index < -0.39 is 6.04 Å². The van der Waals surface area contributed by atoms with Gasteiger partial charge in [-0.05, 0) is 23.4 Å². The van der Waals surface area contributed by atoms with Gasteiger partial charge in [-0.2, -0.15) is 0 Å². The molecule has 19 heavy (non-hydrogen) atoms. The largest absolute Gasteiger partial charge is 0.394 e. The molecule has 0 radical (unpaired) electrons. The summed E-state index contributed by atoms with van der Waals surface area (Å²) in [6.07, 6.45) is 0. The molecule has 0 spiro atoms. The minimum atomic E-state index is -0.424. The zero-order valence-electron chi connectivity index (χ0n) is 10.4. The zero-order chi connectivity index (χ0) is 13.8. The lowest BCUT2D eigenvalue weighted by molar-refractivity contribution is 0.0920. The van der Waals surface area contributed by atoms with Crippen LogP contribution in [0.5, 0.6) is 0 Å². The van der Waals surface area contributed by atoms with E-state index in [0.717, 1.165) is 11.1 Å². The van der Waals surface area contributed by atoms with Crippen LogP contribution in [0, 0.1) is 6.92 Å². The van der Waals surface area contributed by atoms with Crippen molar-refractivity contribution in [2.24, 2.45) is 0 Å². The van der Waals surface area contributed by atoms with Gasteiger partial charge in [-0.1, -0.05) is 41.9 Å². The molecule has 3 nitrogen and oxygen atoms in total. The minimum Gasteiger partial charge on any atom is -0.394 e. The molecule has 0 aliphatic rings. The summed E-state index contributed by atoms with van der Waals surface area (Å²) < 4.78 is 0. The molecule has 1 amide bonds. The lowest BCUT2D eigenvalue weighted by atomic mass is 10.1. The van der Waals surface area contributed by atoms with E-state index in [1.807, 2.05) is 42.6 Å². The van der Waals surface area contributed by atoms with Gasteiger partial charge in [0.05, 0.1) is 17.7 Å².